The van der Waals surface area contributed by atoms with Crippen LogP contribution in [0.25, 0.3) is 0 Å². The minimum absolute atomic E-state index is 0.174. The predicted molar refractivity (Wildman–Crippen MR) is 50.1 cm³/mol. The van der Waals surface area contributed by atoms with Gasteiger partial charge in [-0.2, -0.15) is 18.3 Å². The summed E-state index contributed by atoms with van der Waals surface area (Å²) in [5.74, 6) is 0.385. The molecule has 0 aliphatic carbocycles. The van der Waals surface area contributed by atoms with Gasteiger partial charge in [-0.15, -0.1) is 0 Å². The summed E-state index contributed by atoms with van der Waals surface area (Å²) >= 11 is 0. The molecule has 0 N–H and O–H groups in total. The topological polar surface area (TPSA) is 36.3 Å². The fraction of sp³-hybridized carbons (Fsp3) is 0.667. The smallest absolute Gasteiger partial charge is 0.411 e. The van der Waals surface area contributed by atoms with Gasteiger partial charge >= 0.3 is 6.18 Å². The SMILES string of the molecule is CC(C)n1cc(OCOCC(F)(F)F)cn1. The number of rotatable bonds is 5. The van der Waals surface area contributed by atoms with Gasteiger partial charge in [-0.3, -0.25) is 4.68 Å². The van der Waals surface area contributed by atoms with Crippen LogP contribution in [0.5, 0.6) is 5.75 Å². The molecule has 1 rings (SSSR count). The van der Waals surface area contributed by atoms with Gasteiger partial charge in [0, 0.05) is 6.04 Å². The van der Waals surface area contributed by atoms with E-state index in [0.717, 1.165) is 0 Å². The summed E-state index contributed by atoms with van der Waals surface area (Å²) in [7, 11) is 0. The third-order valence-electron chi connectivity index (χ3n) is 1.68. The maximum absolute atomic E-state index is 11.7. The Bertz CT molecular complexity index is 323. The van der Waals surface area contributed by atoms with Crippen LogP contribution < -0.4 is 4.74 Å². The summed E-state index contributed by atoms with van der Waals surface area (Å²) in [5, 5.41) is 3.96. The standard InChI is InChI=1S/C9H13F3N2O2/c1-7(2)14-4-8(3-13-14)16-6-15-5-9(10,11)12/h3-4,7H,5-6H2,1-2H3. The first kappa shape index (κ1) is 12.8. The highest BCUT2D eigenvalue weighted by atomic mass is 19.4. The Kier molecular flexibility index (Phi) is 4.17. The van der Waals surface area contributed by atoms with E-state index in [0.29, 0.717) is 5.75 Å². The molecule has 92 valence electrons. The van der Waals surface area contributed by atoms with Crippen molar-refractivity contribution in [2.75, 3.05) is 13.4 Å². The van der Waals surface area contributed by atoms with Gasteiger partial charge in [0.2, 0.25) is 0 Å². The maximum atomic E-state index is 11.7. The Morgan fingerprint density at radius 2 is 2.12 bits per heavy atom. The van der Waals surface area contributed by atoms with Gasteiger partial charge in [0.1, 0.15) is 6.61 Å². The third kappa shape index (κ3) is 4.52. The minimum atomic E-state index is -4.33. The fourth-order valence-corrected chi connectivity index (χ4v) is 0.945. The molecule has 0 spiro atoms. The molecule has 1 aromatic heterocycles. The van der Waals surface area contributed by atoms with Crippen molar-refractivity contribution in [3.8, 4) is 5.75 Å². The molecule has 7 heteroatoms. The molecule has 0 fully saturated rings. The summed E-state index contributed by atoms with van der Waals surface area (Å²) in [6.07, 6.45) is -1.30. The molecule has 16 heavy (non-hydrogen) atoms. The van der Waals surface area contributed by atoms with Gasteiger partial charge in [0.05, 0.1) is 12.4 Å². The summed E-state index contributed by atoms with van der Waals surface area (Å²) in [4.78, 5) is 0. The normalized spacial score (nSPS) is 12.1. The number of alkyl halides is 3. The lowest BCUT2D eigenvalue weighted by atomic mass is 10.4. The second-order valence-corrected chi connectivity index (χ2v) is 3.48. The number of ether oxygens (including phenoxy) is 2. The van der Waals surface area contributed by atoms with E-state index in [4.69, 9.17) is 4.74 Å². The monoisotopic (exact) mass is 238 g/mol. The van der Waals surface area contributed by atoms with E-state index in [2.05, 4.69) is 9.84 Å². The Hall–Kier alpha value is -1.24. The molecule has 0 amide bonds. The average Bonchev–Trinajstić information content (AvgIpc) is 2.59. The first-order chi connectivity index (χ1) is 7.38. The molecule has 0 aliphatic heterocycles. The lowest BCUT2D eigenvalue weighted by Crippen LogP contribution is -2.18. The lowest BCUT2D eigenvalue weighted by Gasteiger charge is -2.07. The van der Waals surface area contributed by atoms with Gasteiger partial charge in [-0.05, 0) is 13.8 Å². The van der Waals surface area contributed by atoms with Crippen LogP contribution in [0.4, 0.5) is 13.2 Å². The predicted octanol–water partition coefficient (Wildman–Crippen LogP) is 2.38. The summed E-state index contributed by atoms with van der Waals surface area (Å²) in [6, 6.07) is 0.174. The van der Waals surface area contributed by atoms with Crippen LogP contribution in [0.3, 0.4) is 0 Å². The Morgan fingerprint density at radius 3 is 2.62 bits per heavy atom. The molecule has 0 unspecified atom stereocenters. The molecular formula is C9H13F3N2O2. The summed E-state index contributed by atoms with van der Waals surface area (Å²) in [5.41, 5.74) is 0. The number of hydrogen-bond donors (Lipinski definition) is 0. The van der Waals surface area contributed by atoms with Gasteiger partial charge in [-0.25, -0.2) is 0 Å². The van der Waals surface area contributed by atoms with Crippen molar-refractivity contribution in [1.82, 2.24) is 9.78 Å². The van der Waals surface area contributed by atoms with Crippen LogP contribution in [-0.4, -0.2) is 29.4 Å². The highest BCUT2D eigenvalue weighted by molar-refractivity contribution is 5.11. The number of nitrogens with zero attached hydrogens (tertiary/aromatic N) is 2. The molecule has 0 saturated carbocycles. The third-order valence-corrected chi connectivity index (χ3v) is 1.68. The molecular weight excluding hydrogens is 225 g/mol. The lowest BCUT2D eigenvalue weighted by molar-refractivity contribution is -0.186. The van der Waals surface area contributed by atoms with E-state index >= 15 is 0 Å². The molecule has 0 radical (unpaired) electrons. The van der Waals surface area contributed by atoms with Gasteiger partial charge in [-0.1, -0.05) is 0 Å². The van der Waals surface area contributed by atoms with Crippen LogP contribution in [-0.2, 0) is 4.74 Å². The van der Waals surface area contributed by atoms with Crippen molar-refractivity contribution in [2.24, 2.45) is 0 Å². The Balaban J connectivity index is 2.27. The first-order valence-corrected chi connectivity index (χ1v) is 4.70. The molecule has 0 saturated heterocycles. The van der Waals surface area contributed by atoms with Crippen LogP contribution >= 0.6 is 0 Å². The van der Waals surface area contributed by atoms with Gasteiger partial charge in [0.25, 0.3) is 0 Å². The molecule has 1 heterocycles. The zero-order valence-corrected chi connectivity index (χ0v) is 8.99. The summed E-state index contributed by atoms with van der Waals surface area (Å²) < 4.78 is 45.9. The molecule has 0 bridgehead atoms. The molecule has 0 aromatic carbocycles. The van der Waals surface area contributed by atoms with E-state index < -0.39 is 19.6 Å². The van der Waals surface area contributed by atoms with Crippen molar-refractivity contribution in [2.45, 2.75) is 26.1 Å². The van der Waals surface area contributed by atoms with Crippen LogP contribution in [0.15, 0.2) is 12.4 Å². The Morgan fingerprint density at radius 1 is 1.44 bits per heavy atom. The Labute approximate surface area is 91.0 Å². The van der Waals surface area contributed by atoms with E-state index in [9.17, 15) is 13.2 Å². The van der Waals surface area contributed by atoms with Crippen LogP contribution in [0, 0.1) is 0 Å². The van der Waals surface area contributed by atoms with Crippen LogP contribution in [0.1, 0.15) is 19.9 Å². The number of hydrogen-bond acceptors (Lipinski definition) is 3. The van der Waals surface area contributed by atoms with Crippen molar-refractivity contribution in [3.63, 3.8) is 0 Å². The first-order valence-electron chi connectivity index (χ1n) is 4.70. The van der Waals surface area contributed by atoms with E-state index in [1.54, 1.807) is 10.9 Å². The number of halogens is 3. The van der Waals surface area contributed by atoms with E-state index in [1.165, 1.54) is 6.20 Å². The second kappa shape index (κ2) is 5.20. The van der Waals surface area contributed by atoms with Crippen molar-refractivity contribution in [1.29, 1.82) is 0 Å². The zero-order chi connectivity index (χ0) is 12.2. The maximum Gasteiger partial charge on any atom is 0.411 e. The van der Waals surface area contributed by atoms with Crippen LogP contribution in [0.2, 0.25) is 0 Å². The summed E-state index contributed by atoms with van der Waals surface area (Å²) in [6.45, 7) is 2.10. The molecule has 1 aromatic rings. The quantitative estimate of drug-likeness (QED) is 0.583. The van der Waals surface area contributed by atoms with Crippen molar-refractivity contribution >= 4 is 0 Å². The number of aromatic nitrogens is 2. The average molecular weight is 238 g/mol. The van der Waals surface area contributed by atoms with E-state index in [1.807, 2.05) is 13.8 Å². The highest BCUT2D eigenvalue weighted by Crippen LogP contribution is 2.15. The highest BCUT2D eigenvalue weighted by Gasteiger charge is 2.27. The molecule has 0 atom stereocenters. The largest absolute Gasteiger partial charge is 0.464 e. The van der Waals surface area contributed by atoms with Gasteiger partial charge in [0.15, 0.2) is 12.5 Å². The van der Waals surface area contributed by atoms with Crippen molar-refractivity contribution in [3.05, 3.63) is 12.4 Å². The fourth-order valence-electron chi connectivity index (χ4n) is 0.945. The van der Waals surface area contributed by atoms with Gasteiger partial charge < -0.3 is 9.47 Å². The van der Waals surface area contributed by atoms with E-state index in [-0.39, 0.29) is 6.04 Å². The molecule has 4 nitrogen and oxygen atoms in total. The molecule has 0 aliphatic rings. The van der Waals surface area contributed by atoms with Crippen molar-refractivity contribution < 1.29 is 22.6 Å². The minimum Gasteiger partial charge on any atom is -0.464 e. The zero-order valence-electron chi connectivity index (χ0n) is 8.99. The second-order valence-electron chi connectivity index (χ2n) is 3.48.